The average Bonchev–Trinajstić information content (AvgIpc) is 2.82. The highest BCUT2D eigenvalue weighted by Crippen LogP contribution is 2.46. The van der Waals surface area contributed by atoms with Crippen LogP contribution in [-0.4, -0.2) is 59.4 Å². The van der Waals surface area contributed by atoms with Gasteiger partial charge in [0.1, 0.15) is 12.5 Å². The van der Waals surface area contributed by atoms with E-state index in [1.807, 2.05) is 6.92 Å². The summed E-state index contributed by atoms with van der Waals surface area (Å²) in [4.78, 5) is 39.4. The first-order chi connectivity index (χ1) is 16.3. The fourth-order valence-corrected chi connectivity index (χ4v) is 4.61. The number of methoxy groups -OCH3 is 4. The summed E-state index contributed by atoms with van der Waals surface area (Å²) >= 11 is 0. The Morgan fingerprint density at radius 3 is 2.38 bits per heavy atom. The van der Waals surface area contributed by atoms with E-state index in [0.29, 0.717) is 40.5 Å². The lowest BCUT2D eigenvalue weighted by Gasteiger charge is -2.38. The van der Waals surface area contributed by atoms with Crippen LogP contribution in [0.15, 0.2) is 40.7 Å². The zero-order valence-electron chi connectivity index (χ0n) is 20.4. The lowest BCUT2D eigenvalue weighted by atomic mass is 9.69. The van der Waals surface area contributed by atoms with Crippen LogP contribution in [-0.2, 0) is 28.6 Å². The second-order valence-electron chi connectivity index (χ2n) is 8.28. The predicted octanol–water partition coefficient (Wildman–Crippen LogP) is 2.51. The number of carbonyl (C=O) groups excluding carboxylic acids is 3. The number of ketones is 1. The molecule has 0 saturated heterocycles. The van der Waals surface area contributed by atoms with E-state index in [4.69, 9.17) is 23.7 Å². The van der Waals surface area contributed by atoms with Gasteiger partial charge in [-0.1, -0.05) is 13.0 Å². The van der Waals surface area contributed by atoms with Crippen molar-refractivity contribution in [1.29, 1.82) is 0 Å². The van der Waals surface area contributed by atoms with Crippen LogP contribution in [0, 0.1) is 11.8 Å². The van der Waals surface area contributed by atoms with Gasteiger partial charge in [-0.25, -0.2) is 4.79 Å². The molecule has 0 bridgehead atoms. The quantitative estimate of drug-likeness (QED) is 0.346. The van der Waals surface area contributed by atoms with Gasteiger partial charge in [-0.15, -0.1) is 0 Å². The zero-order valence-corrected chi connectivity index (χ0v) is 20.4. The van der Waals surface area contributed by atoms with Crippen molar-refractivity contribution in [3.05, 3.63) is 46.3 Å². The summed E-state index contributed by atoms with van der Waals surface area (Å²) in [6, 6.07) is 5.22. The number of Topliss-reactive ketones (excluding diaryl/α,β-unsaturated/α-hetero) is 1. The number of nitrogens with one attached hydrogen (secondary N) is 1. The lowest BCUT2D eigenvalue weighted by molar-refractivity contribution is -0.151. The molecule has 1 aromatic carbocycles. The third-order valence-corrected chi connectivity index (χ3v) is 6.22. The van der Waals surface area contributed by atoms with Gasteiger partial charge in [0.25, 0.3) is 0 Å². The Labute approximate surface area is 199 Å². The summed E-state index contributed by atoms with van der Waals surface area (Å²) in [5.74, 6) is -2.57. The molecule has 0 aromatic heterocycles. The van der Waals surface area contributed by atoms with Crippen molar-refractivity contribution in [2.45, 2.75) is 26.2 Å². The van der Waals surface area contributed by atoms with Crippen LogP contribution in [0.2, 0.25) is 0 Å². The maximum Gasteiger partial charge on any atom is 0.336 e. The Balaban J connectivity index is 2.17. The van der Waals surface area contributed by atoms with Crippen LogP contribution in [0.1, 0.15) is 31.7 Å². The Hall–Kier alpha value is -3.33. The minimum Gasteiger partial charge on any atom is -0.493 e. The van der Waals surface area contributed by atoms with Crippen molar-refractivity contribution >= 4 is 17.7 Å². The smallest absolute Gasteiger partial charge is 0.336 e. The van der Waals surface area contributed by atoms with Gasteiger partial charge in [0, 0.05) is 30.0 Å². The van der Waals surface area contributed by atoms with Crippen molar-refractivity contribution in [2.24, 2.45) is 11.8 Å². The molecule has 0 saturated carbocycles. The van der Waals surface area contributed by atoms with E-state index in [-0.39, 0.29) is 30.5 Å². The van der Waals surface area contributed by atoms with Crippen LogP contribution < -0.4 is 14.8 Å². The SMILES string of the molecule is COCCOC(=O)C1=C(C)NC2=C(C(=O)[C@@H](C(=O)OC)[C@@H](C)C2)[C@@H]1c1ccc(OC)c(OC)c1. The predicted molar refractivity (Wildman–Crippen MR) is 122 cm³/mol. The highest BCUT2D eigenvalue weighted by atomic mass is 16.6. The number of dihydropyridines is 1. The van der Waals surface area contributed by atoms with Crippen molar-refractivity contribution < 1.29 is 38.1 Å². The van der Waals surface area contributed by atoms with Crippen LogP contribution in [0.5, 0.6) is 11.5 Å². The molecule has 184 valence electrons. The molecule has 3 atom stereocenters. The van der Waals surface area contributed by atoms with Gasteiger partial charge < -0.3 is 29.0 Å². The highest BCUT2D eigenvalue weighted by Gasteiger charge is 2.47. The van der Waals surface area contributed by atoms with Gasteiger partial charge in [0.2, 0.25) is 0 Å². The van der Waals surface area contributed by atoms with Gasteiger partial charge in [0.05, 0.1) is 33.5 Å². The first-order valence-corrected chi connectivity index (χ1v) is 11.0. The fourth-order valence-electron chi connectivity index (χ4n) is 4.61. The molecular weight excluding hydrogens is 442 g/mol. The van der Waals surface area contributed by atoms with Crippen molar-refractivity contribution in [3.8, 4) is 11.5 Å². The van der Waals surface area contributed by atoms with E-state index < -0.39 is 23.8 Å². The molecule has 2 aliphatic rings. The van der Waals surface area contributed by atoms with Crippen LogP contribution >= 0.6 is 0 Å². The molecule has 1 aliphatic carbocycles. The van der Waals surface area contributed by atoms with E-state index in [1.165, 1.54) is 28.4 Å². The van der Waals surface area contributed by atoms with E-state index in [2.05, 4.69) is 5.32 Å². The van der Waals surface area contributed by atoms with E-state index in [9.17, 15) is 14.4 Å². The maximum absolute atomic E-state index is 13.7. The van der Waals surface area contributed by atoms with Crippen LogP contribution in [0.4, 0.5) is 0 Å². The van der Waals surface area contributed by atoms with Crippen molar-refractivity contribution in [3.63, 3.8) is 0 Å². The molecule has 3 rings (SSSR count). The molecule has 9 nitrogen and oxygen atoms in total. The molecule has 1 heterocycles. The third-order valence-electron chi connectivity index (χ3n) is 6.22. The summed E-state index contributed by atoms with van der Waals surface area (Å²) in [7, 11) is 5.81. The van der Waals surface area contributed by atoms with Crippen molar-refractivity contribution in [2.75, 3.05) is 41.7 Å². The van der Waals surface area contributed by atoms with Crippen LogP contribution in [0.3, 0.4) is 0 Å². The number of hydrogen-bond acceptors (Lipinski definition) is 9. The molecular formula is C25H31NO8. The molecule has 1 N–H and O–H groups in total. The molecule has 0 amide bonds. The maximum atomic E-state index is 13.7. The van der Waals surface area contributed by atoms with Crippen molar-refractivity contribution in [1.82, 2.24) is 5.32 Å². The number of allylic oxidation sites excluding steroid dienone is 3. The van der Waals surface area contributed by atoms with Gasteiger partial charge in [-0.2, -0.15) is 0 Å². The number of hydrogen-bond donors (Lipinski definition) is 1. The molecule has 9 heteroatoms. The number of benzene rings is 1. The average molecular weight is 474 g/mol. The minimum absolute atomic E-state index is 0.0619. The summed E-state index contributed by atoms with van der Waals surface area (Å²) in [6.07, 6.45) is 0.452. The van der Waals surface area contributed by atoms with E-state index in [1.54, 1.807) is 25.1 Å². The second-order valence-corrected chi connectivity index (χ2v) is 8.28. The number of esters is 2. The van der Waals surface area contributed by atoms with Gasteiger partial charge >= 0.3 is 11.9 Å². The lowest BCUT2D eigenvalue weighted by Crippen LogP contribution is -2.43. The largest absolute Gasteiger partial charge is 0.493 e. The zero-order chi connectivity index (χ0) is 25.0. The van der Waals surface area contributed by atoms with E-state index >= 15 is 0 Å². The normalized spacial score (nSPS) is 22.1. The fraction of sp³-hybridized carbons (Fsp3) is 0.480. The van der Waals surface area contributed by atoms with E-state index in [0.717, 1.165) is 0 Å². The molecule has 0 spiro atoms. The Morgan fingerprint density at radius 2 is 1.76 bits per heavy atom. The first kappa shape index (κ1) is 25.3. The number of rotatable bonds is 8. The molecule has 1 aliphatic heterocycles. The summed E-state index contributed by atoms with van der Waals surface area (Å²) in [5, 5.41) is 3.23. The molecule has 0 fully saturated rings. The Kier molecular flexibility index (Phi) is 7.98. The van der Waals surface area contributed by atoms with Gasteiger partial charge in [0.15, 0.2) is 17.3 Å². The first-order valence-electron chi connectivity index (χ1n) is 11.0. The third kappa shape index (κ3) is 4.65. The minimum atomic E-state index is -0.961. The summed E-state index contributed by atoms with van der Waals surface area (Å²) in [5.41, 5.74) is 2.54. The number of ether oxygens (including phenoxy) is 5. The summed E-state index contributed by atoms with van der Waals surface area (Å²) in [6.45, 7) is 3.91. The molecule has 0 unspecified atom stereocenters. The van der Waals surface area contributed by atoms with Gasteiger partial charge in [-0.05, 0) is 37.0 Å². The highest BCUT2D eigenvalue weighted by molar-refractivity contribution is 6.12. The Bertz CT molecular complexity index is 1040. The Morgan fingerprint density at radius 1 is 1.06 bits per heavy atom. The molecule has 34 heavy (non-hydrogen) atoms. The summed E-state index contributed by atoms with van der Waals surface area (Å²) < 4.78 is 26.2. The molecule has 0 radical (unpaired) electrons. The monoisotopic (exact) mass is 473 g/mol. The number of carbonyl (C=O) groups is 3. The van der Waals surface area contributed by atoms with Gasteiger partial charge in [-0.3, -0.25) is 9.59 Å². The second kappa shape index (κ2) is 10.7. The van der Waals surface area contributed by atoms with Crippen LogP contribution in [0.25, 0.3) is 0 Å². The molecule has 1 aromatic rings. The standard InChI is InChI=1S/C25H31NO8/c1-13-11-16-22(23(27)19(13)24(28)33-6)21(15-7-8-17(31-4)18(12-15)32-5)20(14(2)26-16)25(29)34-10-9-30-3/h7-8,12-13,19,21,26H,9-11H2,1-6H3/t13-,19-,21+/m0/s1. The topological polar surface area (TPSA) is 109 Å².